The number of ether oxygens (including phenoxy) is 1. The molecule has 0 saturated carbocycles. The lowest BCUT2D eigenvalue weighted by molar-refractivity contribution is 0.408. The summed E-state index contributed by atoms with van der Waals surface area (Å²) in [5, 5.41) is 1.57. The first-order valence-corrected chi connectivity index (χ1v) is 8.83. The average molecular weight is 343 g/mol. The van der Waals surface area contributed by atoms with Crippen LogP contribution in [0.15, 0.2) is 59.5 Å². The Balaban J connectivity index is 1.89. The number of hydrogen-bond donors (Lipinski definition) is 0. The molecule has 0 fully saturated rings. The smallest absolute Gasteiger partial charge is 0.265 e. The second kappa shape index (κ2) is 5.21. The molecule has 0 unspecified atom stereocenters. The van der Waals surface area contributed by atoms with Gasteiger partial charge in [-0.3, -0.25) is 4.31 Å². The highest BCUT2D eigenvalue weighted by molar-refractivity contribution is 7.93. The van der Waals surface area contributed by atoms with Crippen molar-refractivity contribution in [1.82, 2.24) is 0 Å². The number of hydrogen-bond acceptors (Lipinski definition) is 3. The predicted molar refractivity (Wildman–Crippen MR) is 90.3 cm³/mol. The van der Waals surface area contributed by atoms with Crippen molar-refractivity contribution in [3.63, 3.8) is 0 Å². The first-order valence-electron chi connectivity index (χ1n) is 7.39. The van der Waals surface area contributed by atoms with Crippen LogP contribution in [-0.4, -0.2) is 15.5 Å². The maximum absolute atomic E-state index is 13.6. The van der Waals surface area contributed by atoms with Crippen LogP contribution in [0.5, 0.6) is 5.75 Å². The van der Waals surface area contributed by atoms with E-state index in [0.29, 0.717) is 22.4 Å². The van der Waals surface area contributed by atoms with Crippen LogP contribution in [0.1, 0.15) is 5.56 Å². The maximum atomic E-state index is 13.6. The van der Waals surface area contributed by atoms with Gasteiger partial charge in [0.1, 0.15) is 11.6 Å². The van der Waals surface area contributed by atoms with Crippen LogP contribution >= 0.6 is 0 Å². The fourth-order valence-corrected chi connectivity index (χ4v) is 4.84. The summed E-state index contributed by atoms with van der Waals surface area (Å²) in [6, 6.07) is 14.8. The molecule has 6 heteroatoms. The summed E-state index contributed by atoms with van der Waals surface area (Å²) in [6.45, 7) is 0.0110. The number of methoxy groups -OCH3 is 1. The zero-order valence-corrected chi connectivity index (χ0v) is 13.7. The minimum atomic E-state index is -3.68. The molecule has 0 aliphatic carbocycles. The number of benzene rings is 3. The first-order chi connectivity index (χ1) is 11.5. The quantitative estimate of drug-likeness (QED) is 0.728. The van der Waals surface area contributed by atoms with Gasteiger partial charge in [-0.25, -0.2) is 12.8 Å². The Labute approximate surface area is 139 Å². The Morgan fingerprint density at radius 2 is 1.83 bits per heavy atom. The summed E-state index contributed by atoms with van der Waals surface area (Å²) < 4.78 is 46.1. The van der Waals surface area contributed by atoms with E-state index in [2.05, 4.69) is 0 Å². The monoisotopic (exact) mass is 343 g/mol. The predicted octanol–water partition coefficient (Wildman–Crippen LogP) is 3.70. The van der Waals surface area contributed by atoms with E-state index in [1.54, 1.807) is 18.2 Å². The Bertz CT molecular complexity index is 1060. The summed E-state index contributed by atoms with van der Waals surface area (Å²) in [7, 11) is -2.20. The molecule has 1 heterocycles. The number of sulfonamides is 1. The van der Waals surface area contributed by atoms with E-state index in [1.807, 2.05) is 18.2 Å². The van der Waals surface area contributed by atoms with Gasteiger partial charge < -0.3 is 4.74 Å². The van der Waals surface area contributed by atoms with Gasteiger partial charge in [0.25, 0.3) is 10.0 Å². The van der Waals surface area contributed by atoms with E-state index in [9.17, 15) is 12.8 Å². The zero-order valence-electron chi connectivity index (χ0n) is 12.9. The molecule has 0 radical (unpaired) electrons. The number of rotatable bonds is 3. The Kier molecular flexibility index (Phi) is 3.25. The fraction of sp³-hybridized carbons (Fsp3) is 0.111. The number of halogens is 1. The fourth-order valence-electron chi connectivity index (χ4n) is 3.15. The molecule has 4 rings (SSSR count). The van der Waals surface area contributed by atoms with Gasteiger partial charge in [-0.15, -0.1) is 0 Å². The molecule has 0 bridgehead atoms. The third-order valence-electron chi connectivity index (χ3n) is 4.24. The van der Waals surface area contributed by atoms with E-state index in [4.69, 9.17) is 4.74 Å². The molecule has 0 amide bonds. The van der Waals surface area contributed by atoms with Crippen molar-refractivity contribution in [3.05, 3.63) is 66.0 Å². The van der Waals surface area contributed by atoms with Crippen molar-refractivity contribution in [1.29, 1.82) is 0 Å². The lowest BCUT2D eigenvalue weighted by atomic mass is 10.1. The van der Waals surface area contributed by atoms with E-state index in [-0.39, 0.29) is 11.4 Å². The van der Waals surface area contributed by atoms with Crippen molar-refractivity contribution >= 4 is 26.5 Å². The summed E-state index contributed by atoms with van der Waals surface area (Å²) in [6.07, 6.45) is 0. The molecule has 1 aliphatic heterocycles. The van der Waals surface area contributed by atoms with Gasteiger partial charge in [0.15, 0.2) is 0 Å². The second-order valence-electron chi connectivity index (χ2n) is 5.60. The van der Waals surface area contributed by atoms with Gasteiger partial charge in [0.2, 0.25) is 0 Å². The Morgan fingerprint density at radius 3 is 2.58 bits per heavy atom. The third-order valence-corrected chi connectivity index (χ3v) is 6.04. The van der Waals surface area contributed by atoms with Gasteiger partial charge in [-0.1, -0.05) is 24.3 Å². The van der Waals surface area contributed by atoms with E-state index in [0.717, 1.165) is 5.39 Å². The van der Waals surface area contributed by atoms with Crippen LogP contribution < -0.4 is 9.04 Å². The molecule has 0 saturated heterocycles. The van der Waals surface area contributed by atoms with Crippen molar-refractivity contribution < 1.29 is 17.5 Å². The third kappa shape index (κ3) is 2.06. The SMILES string of the molecule is COc1ccc(F)cc1CN1c2cccc3cccc(c23)S1(=O)=O. The van der Waals surface area contributed by atoms with Gasteiger partial charge >= 0.3 is 0 Å². The van der Waals surface area contributed by atoms with E-state index in [1.165, 1.54) is 29.6 Å². The van der Waals surface area contributed by atoms with Crippen LogP contribution in [-0.2, 0) is 16.6 Å². The highest BCUT2D eigenvalue weighted by atomic mass is 32.2. The minimum absolute atomic E-state index is 0.0110. The molecule has 4 nitrogen and oxygen atoms in total. The van der Waals surface area contributed by atoms with E-state index < -0.39 is 15.8 Å². The standard InChI is InChI=1S/C18H14FNO3S/c1-23-16-9-8-14(19)10-13(16)11-20-15-6-2-4-12-5-3-7-17(18(12)15)24(20,21)22/h2-10H,11H2,1H3. The normalized spacial score (nSPS) is 15.0. The number of nitrogens with zero attached hydrogens (tertiary/aromatic N) is 1. The lowest BCUT2D eigenvalue weighted by Gasteiger charge is -2.20. The molecule has 0 atom stereocenters. The molecule has 3 aromatic carbocycles. The maximum Gasteiger partial charge on any atom is 0.265 e. The Morgan fingerprint density at radius 1 is 1.08 bits per heavy atom. The van der Waals surface area contributed by atoms with E-state index >= 15 is 0 Å². The second-order valence-corrected chi connectivity index (χ2v) is 7.43. The molecule has 0 N–H and O–H groups in total. The summed E-state index contributed by atoms with van der Waals surface area (Å²) in [5.74, 6) is 0.0212. The lowest BCUT2D eigenvalue weighted by Crippen LogP contribution is -2.26. The van der Waals surface area contributed by atoms with Crippen LogP contribution in [0.4, 0.5) is 10.1 Å². The van der Waals surface area contributed by atoms with Crippen molar-refractivity contribution in [2.24, 2.45) is 0 Å². The summed E-state index contributed by atoms with van der Waals surface area (Å²) in [4.78, 5) is 0.283. The van der Waals surface area contributed by atoms with Gasteiger partial charge in [-0.2, -0.15) is 0 Å². The Hall–Kier alpha value is -2.60. The van der Waals surface area contributed by atoms with Crippen molar-refractivity contribution in [2.45, 2.75) is 11.4 Å². The van der Waals surface area contributed by atoms with Crippen molar-refractivity contribution in [3.8, 4) is 5.75 Å². The van der Waals surface area contributed by atoms with Crippen LogP contribution in [0.2, 0.25) is 0 Å². The van der Waals surface area contributed by atoms with Crippen molar-refractivity contribution in [2.75, 3.05) is 11.4 Å². The molecule has 1 aliphatic rings. The van der Waals surface area contributed by atoms with Gasteiger partial charge in [-0.05, 0) is 35.7 Å². The average Bonchev–Trinajstić information content (AvgIpc) is 2.79. The molecule has 0 aromatic heterocycles. The topological polar surface area (TPSA) is 46.6 Å². The van der Waals surface area contributed by atoms with Crippen LogP contribution in [0, 0.1) is 5.82 Å². The largest absolute Gasteiger partial charge is 0.496 e. The minimum Gasteiger partial charge on any atom is -0.496 e. The summed E-state index contributed by atoms with van der Waals surface area (Å²) in [5.41, 5.74) is 1.08. The van der Waals surface area contributed by atoms with Crippen LogP contribution in [0.3, 0.4) is 0 Å². The number of anilines is 1. The molecule has 0 spiro atoms. The van der Waals surface area contributed by atoms with Gasteiger partial charge in [0.05, 0.1) is 24.2 Å². The zero-order chi connectivity index (χ0) is 16.9. The first kappa shape index (κ1) is 15.0. The van der Waals surface area contributed by atoms with Gasteiger partial charge in [0, 0.05) is 10.9 Å². The molecular formula is C18H14FNO3S. The molecule has 122 valence electrons. The highest BCUT2D eigenvalue weighted by Crippen LogP contribution is 2.43. The highest BCUT2D eigenvalue weighted by Gasteiger charge is 2.35. The molecular weight excluding hydrogens is 329 g/mol. The van der Waals surface area contributed by atoms with Crippen LogP contribution in [0.25, 0.3) is 10.8 Å². The molecule has 24 heavy (non-hydrogen) atoms. The molecule has 3 aromatic rings. The summed E-state index contributed by atoms with van der Waals surface area (Å²) >= 11 is 0.